The van der Waals surface area contributed by atoms with Crippen LogP contribution < -0.4 is 5.32 Å². The Morgan fingerprint density at radius 3 is 2.87 bits per heavy atom. The van der Waals surface area contributed by atoms with Crippen LogP contribution in [0.2, 0.25) is 10.4 Å². The molecule has 0 radical (unpaired) electrons. The zero-order valence-corrected chi connectivity index (χ0v) is 9.34. The lowest BCUT2D eigenvalue weighted by molar-refractivity contribution is -0.140. The Labute approximate surface area is 96.0 Å². The van der Waals surface area contributed by atoms with Gasteiger partial charge < -0.3 is 10.1 Å². The molecule has 0 aliphatic heterocycles. The number of rotatable bonds is 4. The Morgan fingerprint density at radius 1 is 1.47 bits per heavy atom. The second kappa shape index (κ2) is 5.67. The second-order valence-electron chi connectivity index (χ2n) is 2.38. The maximum Gasteiger partial charge on any atom is 0.325 e. The summed E-state index contributed by atoms with van der Waals surface area (Å²) in [7, 11) is 0. The summed E-state index contributed by atoms with van der Waals surface area (Å²) < 4.78 is 4.69. The van der Waals surface area contributed by atoms with E-state index < -0.39 is 5.97 Å². The van der Waals surface area contributed by atoms with Gasteiger partial charge in [-0.3, -0.25) is 4.79 Å². The van der Waals surface area contributed by atoms with Crippen LogP contribution in [0.25, 0.3) is 0 Å². The van der Waals surface area contributed by atoms with Crippen molar-refractivity contribution in [3.8, 4) is 0 Å². The first-order valence-corrected chi connectivity index (χ1v) is 4.84. The highest BCUT2D eigenvalue weighted by Gasteiger charge is 2.08. The van der Waals surface area contributed by atoms with Crippen molar-refractivity contribution in [3.63, 3.8) is 0 Å². The number of carbonyl (C=O) groups is 1. The Hall–Kier alpha value is -1.14. The molecule has 8 heteroatoms. The Bertz CT molecular complexity index is 361. The van der Waals surface area contributed by atoms with Crippen molar-refractivity contribution in [2.24, 2.45) is 0 Å². The highest BCUT2D eigenvalue weighted by molar-refractivity contribution is 6.32. The van der Waals surface area contributed by atoms with Crippen molar-refractivity contribution in [1.82, 2.24) is 15.2 Å². The smallest absolute Gasteiger partial charge is 0.325 e. The van der Waals surface area contributed by atoms with E-state index in [9.17, 15) is 4.79 Å². The summed E-state index contributed by atoms with van der Waals surface area (Å²) in [6.07, 6.45) is 0. The molecule has 15 heavy (non-hydrogen) atoms. The molecule has 1 aromatic heterocycles. The van der Waals surface area contributed by atoms with Crippen LogP contribution in [0.1, 0.15) is 6.92 Å². The van der Waals surface area contributed by atoms with Gasteiger partial charge in [-0.05, 0) is 18.5 Å². The summed E-state index contributed by atoms with van der Waals surface area (Å²) in [6, 6.07) is 0. The molecule has 0 spiro atoms. The van der Waals surface area contributed by atoms with Crippen molar-refractivity contribution in [2.75, 3.05) is 18.5 Å². The molecule has 0 fully saturated rings. The quantitative estimate of drug-likeness (QED) is 0.809. The summed E-state index contributed by atoms with van der Waals surface area (Å²) in [5.41, 5.74) is 0. The van der Waals surface area contributed by atoms with Gasteiger partial charge in [0.25, 0.3) is 0 Å². The number of carbonyl (C=O) groups excluding carboxylic acids is 1. The predicted octanol–water partition coefficient (Wildman–Crippen LogP) is 1.15. The number of nitrogens with one attached hydrogen (secondary N) is 1. The van der Waals surface area contributed by atoms with E-state index in [4.69, 9.17) is 27.9 Å². The predicted molar refractivity (Wildman–Crippen MR) is 55.0 cm³/mol. The van der Waals surface area contributed by atoms with Crippen LogP contribution in [-0.4, -0.2) is 34.3 Å². The van der Waals surface area contributed by atoms with Crippen LogP contribution in [0.15, 0.2) is 0 Å². The first-order chi connectivity index (χ1) is 7.13. The first-order valence-electron chi connectivity index (χ1n) is 4.08. The summed E-state index contributed by atoms with van der Waals surface area (Å²) in [6.45, 7) is 1.98. The molecule has 0 unspecified atom stereocenters. The van der Waals surface area contributed by atoms with E-state index in [0.717, 1.165) is 0 Å². The fraction of sp³-hybridized carbons (Fsp3) is 0.429. The van der Waals surface area contributed by atoms with Crippen LogP contribution in [0, 0.1) is 0 Å². The van der Waals surface area contributed by atoms with Crippen LogP contribution in [0.3, 0.4) is 0 Å². The second-order valence-corrected chi connectivity index (χ2v) is 3.07. The van der Waals surface area contributed by atoms with Gasteiger partial charge in [-0.1, -0.05) is 11.6 Å². The lowest BCUT2D eigenvalue weighted by Gasteiger charge is -2.05. The molecule has 0 aromatic carbocycles. The van der Waals surface area contributed by atoms with Gasteiger partial charge >= 0.3 is 5.97 Å². The van der Waals surface area contributed by atoms with Gasteiger partial charge in [0.1, 0.15) is 6.54 Å². The topological polar surface area (TPSA) is 77.0 Å². The molecule has 1 heterocycles. The van der Waals surface area contributed by atoms with Gasteiger partial charge in [0, 0.05) is 0 Å². The molecule has 0 atom stereocenters. The Balaban J connectivity index is 2.57. The van der Waals surface area contributed by atoms with E-state index in [2.05, 4.69) is 20.5 Å². The van der Waals surface area contributed by atoms with Crippen molar-refractivity contribution in [3.05, 3.63) is 10.4 Å². The van der Waals surface area contributed by atoms with Gasteiger partial charge in [0.05, 0.1) is 6.61 Å². The third-order valence-electron chi connectivity index (χ3n) is 1.33. The molecular weight excluding hydrogens is 243 g/mol. The molecule has 0 aliphatic carbocycles. The normalized spacial score (nSPS) is 9.80. The fourth-order valence-electron chi connectivity index (χ4n) is 0.774. The summed E-state index contributed by atoms with van der Waals surface area (Å²) in [5, 5.41) is 9.56. The average molecular weight is 251 g/mol. The van der Waals surface area contributed by atoms with Crippen LogP contribution in [0.4, 0.5) is 5.82 Å². The molecule has 6 nitrogen and oxygen atoms in total. The minimum Gasteiger partial charge on any atom is -0.465 e. The highest BCUT2D eigenvalue weighted by Crippen LogP contribution is 2.15. The SMILES string of the molecule is CCOC(=O)CNc1nc(Cl)nnc1Cl. The van der Waals surface area contributed by atoms with Gasteiger partial charge in [0.15, 0.2) is 11.0 Å². The highest BCUT2D eigenvalue weighted by atomic mass is 35.5. The molecule has 82 valence electrons. The number of halogens is 2. The fourth-order valence-corrected chi connectivity index (χ4v) is 1.04. The number of nitrogens with zero attached hydrogens (tertiary/aromatic N) is 3. The Kier molecular flexibility index (Phi) is 4.51. The van der Waals surface area contributed by atoms with E-state index in [0.29, 0.717) is 6.61 Å². The Morgan fingerprint density at radius 2 is 2.20 bits per heavy atom. The lowest BCUT2D eigenvalue weighted by Crippen LogP contribution is -2.17. The zero-order valence-electron chi connectivity index (χ0n) is 7.83. The van der Waals surface area contributed by atoms with Gasteiger partial charge in [-0.15, -0.1) is 10.2 Å². The third-order valence-corrected chi connectivity index (χ3v) is 1.74. The molecule has 0 bridgehead atoms. The number of aromatic nitrogens is 3. The average Bonchev–Trinajstić information content (AvgIpc) is 2.20. The number of hydrogen-bond donors (Lipinski definition) is 1. The van der Waals surface area contributed by atoms with Crippen LogP contribution in [0.5, 0.6) is 0 Å². The monoisotopic (exact) mass is 250 g/mol. The van der Waals surface area contributed by atoms with Gasteiger partial charge in [0.2, 0.25) is 5.28 Å². The molecular formula is C7H8Cl2N4O2. The van der Waals surface area contributed by atoms with Crippen molar-refractivity contribution in [2.45, 2.75) is 6.92 Å². The number of ether oxygens (including phenoxy) is 1. The molecule has 1 N–H and O–H groups in total. The van der Waals surface area contributed by atoms with E-state index in [-0.39, 0.29) is 22.8 Å². The summed E-state index contributed by atoms with van der Waals surface area (Å²) in [5.74, 6) is -0.215. The summed E-state index contributed by atoms with van der Waals surface area (Å²) in [4.78, 5) is 14.7. The number of anilines is 1. The molecule has 0 saturated carbocycles. The molecule has 1 aromatic rings. The lowest BCUT2D eigenvalue weighted by atomic mass is 10.6. The number of esters is 1. The molecule has 0 saturated heterocycles. The van der Waals surface area contributed by atoms with Crippen molar-refractivity contribution >= 4 is 35.0 Å². The van der Waals surface area contributed by atoms with E-state index in [1.54, 1.807) is 6.92 Å². The van der Waals surface area contributed by atoms with Gasteiger partial charge in [-0.2, -0.15) is 4.98 Å². The van der Waals surface area contributed by atoms with E-state index in [1.807, 2.05) is 0 Å². The van der Waals surface area contributed by atoms with E-state index in [1.165, 1.54) is 0 Å². The molecule has 0 amide bonds. The maximum atomic E-state index is 11.0. The van der Waals surface area contributed by atoms with Crippen molar-refractivity contribution in [1.29, 1.82) is 0 Å². The third kappa shape index (κ3) is 3.85. The summed E-state index contributed by atoms with van der Waals surface area (Å²) >= 11 is 11.1. The van der Waals surface area contributed by atoms with Crippen LogP contribution in [-0.2, 0) is 9.53 Å². The van der Waals surface area contributed by atoms with Crippen LogP contribution >= 0.6 is 23.2 Å². The zero-order chi connectivity index (χ0) is 11.3. The van der Waals surface area contributed by atoms with Gasteiger partial charge in [-0.25, -0.2) is 0 Å². The van der Waals surface area contributed by atoms with E-state index >= 15 is 0 Å². The van der Waals surface area contributed by atoms with Crippen molar-refractivity contribution < 1.29 is 9.53 Å². The minimum atomic E-state index is -0.414. The minimum absolute atomic E-state index is 0.0451. The molecule has 1 rings (SSSR count). The number of hydrogen-bond acceptors (Lipinski definition) is 6. The maximum absolute atomic E-state index is 11.0. The first kappa shape index (κ1) is 11.9. The largest absolute Gasteiger partial charge is 0.465 e. The standard InChI is InChI=1S/C7H8Cl2N4O2/c1-2-15-4(14)3-10-6-5(8)12-13-7(9)11-6/h2-3H2,1H3,(H,10,11,13). The molecule has 0 aliphatic rings.